The highest BCUT2D eigenvalue weighted by Crippen LogP contribution is 2.37. The summed E-state index contributed by atoms with van der Waals surface area (Å²) in [4.78, 5) is 72.6. The number of benzene rings is 5. The van der Waals surface area contributed by atoms with Crippen molar-refractivity contribution >= 4 is 134 Å². The van der Waals surface area contributed by atoms with E-state index in [-0.39, 0.29) is 91.0 Å². The van der Waals surface area contributed by atoms with E-state index >= 15 is 0 Å². The number of ether oxygens (including phenoxy) is 6. The molecule has 61 heteroatoms. The van der Waals surface area contributed by atoms with Crippen molar-refractivity contribution in [3.63, 3.8) is 0 Å². The Morgan fingerprint density at radius 1 is 0.255 bits per heavy atom. The molecule has 5 aromatic rings. The summed E-state index contributed by atoms with van der Waals surface area (Å²) in [6.45, 7) is -1.94. The number of esters is 5. The molecule has 1 heterocycles. The third-order valence-corrected chi connectivity index (χ3v) is 14.5. The topological polar surface area (TPSA) is 777 Å². The van der Waals surface area contributed by atoms with Gasteiger partial charge < -0.3 is 70.3 Å². The minimum atomic E-state index is -5.84. The van der Waals surface area contributed by atoms with Gasteiger partial charge in [-0.1, -0.05) is 0 Å². The summed E-state index contributed by atoms with van der Waals surface area (Å²) in [6.07, 6.45) is -16.3. The van der Waals surface area contributed by atoms with E-state index < -0.39 is 256 Å². The number of hydrogen-bond acceptors (Lipinski definition) is 41. The molecular weight excluding hydrogens is 1630 g/mol. The fourth-order valence-electron chi connectivity index (χ4n) is 7.64. The molecule has 6 rings (SSSR count). The number of hydrogen-bond donors (Lipinski definition) is 10. The summed E-state index contributed by atoms with van der Waals surface area (Å²) >= 11 is 0. The fraction of sp³-hybridized carbons (Fsp3) is 0.146. The van der Waals surface area contributed by atoms with Gasteiger partial charge in [-0.05, 0) is 60.7 Å². The zero-order valence-corrected chi connectivity index (χ0v) is 55.7. The summed E-state index contributed by atoms with van der Waals surface area (Å²) in [6, 6.07) is 2.31. The number of carbonyl (C=O) groups excluding carboxylic acids is 5. The molecule has 10 N–H and O–H groups in total. The van der Waals surface area contributed by atoms with E-state index in [2.05, 4.69) is 41.8 Å². The lowest BCUT2D eigenvalue weighted by atomic mass is 9.97. The van der Waals surface area contributed by atoms with Crippen molar-refractivity contribution in [1.82, 2.24) is 0 Å². The lowest BCUT2D eigenvalue weighted by molar-refractivity contribution is -0.282. The molecule has 0 spiro atoms. The molecule has 51 nitrogen and oxygen atoms in total. The summed E-state index contributed by atoms with van der Waals surface area (Å²) < 4.78 is 406. The van der Waals surface area contributed by atoms with E-state index in [1.54, 1.807) is 0 Å². The van der Waals surface area contributed by atoms with Crippen molar-refractivity contribution < 1.29 is 224 Å². The van der Waals surface area contributed by atoms with Crippen LogP contribution in [0.25, 0.3) is 0 Å². The molecule has 0 amide bonds. The van der Waals surface area contributed by atoms with Crippen molar-refractivity contribution in [2.75, 3.05) is 6.61 Å². The number of carbonyl (C=O) groups is 5. The van der Waals surface area contributed by atoms with Crippen molar-refractivity contribution in [2.45, 2.75) is 30.7 Å². The maximum absolute atomic E-state index is 14.8. The highest BCUT2D eigenvalue weighted by atomic mass is 32.3. The van der Waals surface area contributed by atoms with Crippen LogP contribution in [0.1, 0.15) is 51.8 Å². The van der Waals surface area contributed by atoms with Gasteiger partial charge in [0.15, 0.2) is 12.2 Å². The van der Waals surface area contributed by atoms with Crippen LogP contribution in [-0.2, 0) is 132 Å². The maximum atomic E-state index is 14.8. The molecule has 102 heavy (non-hydrogen) atoms. The van der Waals surface area contributed by atoms with Gasteiger partial charge in [-0.25, -0.2) is 24.0 Å². The van der Waals surface area contributed by atoms with Gasteiger partial charge in [-0.2, -0.15) is 84.2 Å². The van der Waals surface area contributed by atoms with Gasteiger partial charge in [0.05, 0.1) is 27.8 Å². The van der Waals surface area contributed by atoms with Crippen LogP contribution in [0.2, 0.25) is 0 Å². The summed E-state index contributed by atoms with van der Waals surface area (Å²) in [5, 5.41) is 0. The Kier molecular flexibility index (Phi) is 24.1. The molecular formula is C41H32O51S10. The zero-order chi connectivity index (χ0) is 77.1. The Labute approximate surface area is 568 Å². The second-order valence-corrected chi connectivity index (χ2v) is 28.5. The molecule has 0 saturated carbocycles. The fourth-order valence-corrected chi connectivity index (χ4v) is 11.0. The van der Waals surface area contributed by atoms with Gasteiger partial charge >= 0.3 is 134 Å². The Hall–Kier alpha value is -9.49. The first-order valence-corrected chi connectivity index (χ1v) is 37.9. The van der Waals surface area contributed by atoms with Gasteiger partial charge in [-0.15, -0.1) is 0 Å². The van der Waals surface area contributed by atoms with Gasteiger partial charge in [0.2, 0.25) is 12.4 Å². The molecule has 5 aromatic carbocycles. The predicted molar refractivity (Wildman–Crippen MR) is 306 cm³/mol. The first-order valence-electron chi connectivity index (χ1n) is 24.3. The molecule has 562 valence electrons. The normalized spacial score (nSPS) is 17.0. The van der Waals surface area contributed by atoms with Crippen LogP contribution in [0, 0.1) is 0 Å². The molecule has 0 aromatic heterocycles. The first-order chi connectivity index (χ1) is 46.2. The first kappa shape index (κ1) is 81.5. The van der Waals surface area contributed by atoms with Gasteiger partial charge in [0.1, 0.15) is 70.2 Å². The predicted octanol–water partition coefficient (Wildman–Crippen LogP) is -2.08. The number of rotatable bonds is 31. The van der Waals surface area contributed by atoms with Crippen molar-refractivity contribution in [3.8, 4) is 57.5 Å². The van der Waals surface area contributed by atoms with Crippen LogP contribution in [0.4, 0.5) is 0 Å². The van der Waals surface area contributed by atoms with E-state index in [1.807, 2.05) is 0 Å². The minimum Gasteiger partial charge on any atom is -0.459 e. The Balaban J connectivity index is 1.74. The molecule has 0 aliphatic carbocycles. The summed E-state index contributed by atoms with van der Waals surface area (Å²) in [5.41, 5.74) is -7.12. The molecule has 0 unspecified atom stereocenters. The molecule has 5 atom stereocenters. The maximum Gasteiger partial charge on any atom is 0.446 e. The Morgan fingerprint density at radius 2 is 0.431 bits per heavy atom. The molecule has 1 aliphatic heterocycles. The average Bonchev–Trinajstić information content (AvgIpc) is 0.766. The largest absolute Gasteiger partial charge is 0.459 e. The minimum absolute atomic E-state index is 0.105. The summed E-state index contributed by atoms with van der Waals surface area (Å²) in [7, 11) is -58.0. The van der Waals surface area contributed by atoms with E-state index in [0.29, 0.717) is 0 Å². The van der Waals surface area contributed by atoms with Crippen molar-refractivity contribution in [1.29, 1.82) is 0 Å². The SMILES string of the molecule is O=C(OC[C@H]1O[C@@H](OC(=O)c2cc(OS(=O)(=O)O)cc(OS(=O)(=O)O)c2)[C@H](OC(=O)c2cc(OS(=O)(=O)O)cc(OS(=O)(=O)O)c2)[C@@H](OC(=O)c2cc(OS(=O)(=O)O)cc(OS(=O)(=O)O)c2)[C@@H]1OC(=O)c1cc(OS(=O)(=O)O)cc(OS(=O)(=O)O)c1)c1cc(OS(=O)(=O)O)cc(OS(=O)(=O)O)c1. The van der Waals surface area contributed by atoms with Gasteiger partial charge in [0.25, 0.3) is 0 Å². The van der Waals surface area contributed by atoms with Crippen LogP contribution in [0.5, 0.6) is 57.5 Å². The average molecular weight is 1660 g/mol. The monoisotopic (exact) mass is 1660 g/mol. The van der Waals surface area contributed by atoms with Crippen LogP contribution in [0.15, 0.2) is 91.0 Å². The molecule has 1 aliphatic rings. The Morgan fingerprint density at radius 3 is 0.637 bits per heavy atom. The molecule has 1 saturated heterocycles. The van der Waals surface area contributed by atoms with Crippen LogP contribution >= 0.6 is 0 Å². The molecule has 0 radical (unpaired) electrons. The van der Waals surface area contributed by atoms with Gasteiger partial charge in [-0.3, -0.25) is 45.5 Å². The third-order valence-electron chi connectivity index (χ3n) is 10.5. The van der Waals surface area contributed by atoms with E-state index in [1.165, 1.54) is 0 Å². The van der Waals surface area contributed by atoms with Crippen molar-refractivity contribution in [3.05, 3.63) is 119 Å². The second kappa shape index (κ2) is 30.2. The van der Waals surface area contributed by atoms with E-state index in [9.17, 15) is 154 Å². The highest BCUT2D eigenvalue weighted by Gasteiger charge is 2.55. The lowest BCUT2D eigenvalue weighted by Crippen LogP contribution is -2.63. The smallest absolute Gasteiger partial charge is 0.446 e. The third kappa shape index (κ3) is 27.8. The van der Waals surface area contributed by atoms with Crippen LogP contribution < -0.4 is 41.8 Å². The van der Waals surface area contributed by atoms with Gasteiger partial charge in [0, 0.05) is 30.3 Å². The Bertz CT molecular complexity index is 5140. The molecule has 0 bridgehead atoms. The molecule has 1 fully saturated rings. The zero-order valence-electron chi connectivity index (χ0n) is 47.5. The lowest BCUT2D eigenvalue weighted by Gasteiger charge is -2.43. The summed E-state index contributed by atoms with van der Waals surface area (Å²) in [5.74, 6) is -25.5. The second-order valence-electron chi connectivity index (χ2n) is 18.2. The quantitative estimate of drug-likeness (QED) is 0.0129. The van der Waals surface area contributed by atoms with Crippen LogP contribution in [-0.4, -0.2) is 197 Å². The van der Waals surface area contributed by atoms with Crippen LogP contribution in [0.3, 0.4) is 0 Å². The highest BCUT2D eigenvalue weighted by molar-refractivity contribution is 7.83. The van der Waals surface area contributed by atoms with E-state index in [4.69, 9.17) is 28.4 Å². The van der Waals surface area contributed by atoms with Crippen molar-refractivity contribution in [2.24, 2.45) is 0 Å². The van der Waals surface area contributed by atoms with E-state index in [0.717, 1.165) is 0 Å². The standard InChI is InChI=1S/C41H32O51S10/c42-36(17-1-22(83-93(47,48)49)11-23(2-17)84-94(50,51)52)77-16-32-33(79-37(43)18-3-24(85-95(53,54)55)12-25(4-18)86-96(56,57)58)34(80-38(44)19-5-26(87-97(59,60)61)13-27(6-19)88-98(62,63)64)35(81-39(45)20-7-28(89-99(65,66)67)14-29(8-20)90-100(68,69)70)41(78-32)82-40(46)21-9-30(91-101(71,72)73)15-31(10-21)92-102(74,75)76/h1-15,32-35,41H,16H2,(H,47,48,49)(H,50,51,52)(H,53,54,55)(H,56,57,58)(H,59,60,61)(H,62,63,64)(H,65,66,67)(H,68,69,70)(H,71,72,73)(H,74,75,76)/t32-,33-,34+,35-,41+/m1/s1.